The molecule has 0 saturated heterocycles. The molecule has 0 aliphatic rings. The second-order valence-corrected chi connectivity index (χ2v) is 12.6. The molecule has 0 aromatic heterocycles. The number of rotatable bonds is 11. The third kappa shape index (κ3) is 8.02. The summed E-state index contributed by atoms with van der Waals surface area (Å²) in [4.78, 5) is 2.55. The normalized spacial score (nSPS) is 12.0. The van der Waals surface area contributed by atoms with Crippen LogP contribution in [0.15, 0.2) is 91.0 Å². The maximum absolute atomic E-state index is 6.26. The highest BCUT2D eigenvalue weighted by Gasteiger charge is 2.23. The molecule has 0 heterocycles. The summed E-state index contributed by atoms with van der Waals surface area (Å²) in [5.41, 5.74) is 7.80. The van der Waals surface area contributed by atoms with Crippen molar-refractivity contribution in [1.82, 2.24) is 4.90 Å². The Kier molecular flexibility index (Phi) is 9.97. The highest BCUT2D eigenvalue weighted by molar-refractivity contribution is 7.56. The maximum atomic E-state index is 6.26. The van der Waals surface area contributed by atoms with Crippen LogP contribution in [0.25, 0.3) is 0 Å². The lowest BCUT2D eigenvalue weighted by molar-refractivity contribution is 0.0506. The van der Waals surface area contributed by atoms with Crippen molar-refractivity contribution in [2.45, 2.75) is 59.7 Å². The van der Waals surface area contributed by atoms with Crippen LogP contribution in [-0.2, 0) is 29.8 Å². The highest BCUT2D eigenvalue weighted by atomic mass is 31.1. The third-order valence-corrected chi connectivity index (χ3v) is 8.48. The predicted octanol–water partition coefficient (Wildman–Crippen LogP) is 7.42. The second-order valence-electron chi connectivity index (χ2n) is 11.3. The molecule has 0 spiro atoms. The molecule has 3 nitrogen and oxygen atoms in total. The van der Waals surface area contributed by atoms with E-state index < -0.39 is 0 Å². The Morgan fingerprint density at radius 2 is 1.36 bits per heavy atom. The van der Waals surface area contributed by atoms with Crippen LogP contribution in [-0.4, -0.2) is 18.8 Å². The van der Waals surface area contributed by atoms with Gasteiger partial charge in [-0.3, -0.25) is 4.90 Å². The minimum atomic E-state index is -0.0367. The molecule has 4 heteroatoms. The molecule has 4 aromatic carbocycles. The Labute approximate surface area is 237 Å². The van der Waals surface area contributed by atoms with Crippen molar-refractivity contribution in [2.75, 3.05) is 13.9 Å². The van der Waals surface area contributed by atoms with E-state index in [1.807, 2.05) is 0 Å². The monoisotopic (exact) mass is 539 g/mol. The van der Waals surface area contributed by atoms with Gasteiger partial charge in [0.2, 0.25) is 0 Å². The highest BCUT2D eigenvalue weighted by Crippen LogP contribution is 2.35. The molecule has 4 aromatic rings. The lowest BCUT2D eigenvalue weighted by Crippen LogP contribution is -2.26. The van der Waals surface area contributed by atoms with Crippen LogP contribution < -0.4 is 15.3 Å². The van der Waals surface area contributed by atoms with Gasteiger partial charge in [0.15, 0.2) is 6.79 Å². The molecule has 4 rings (SSSR count). The molecule has 0 amide bonds. The van der Waals surface area contributed by atoms with Gasteiger partial charge in [-0.05, 0) is 58.5 Å². The first kappa shape index (κ1) is 29.0. The Morgan fingerprint density at radius 1 is 0.744 bits per heavy atom. The number of nitrogens with zero attached hydrogens (tertiary/aromatic N) is 1. The lowest BCUT2D eigenvalue weighted by Gasteiger charge is -2.27. The van der Waals surface area contributed by atoms with Gasteiger partial charge in [0, 0.05) is 37.6 Å². The summed E-state index contributed by atoms with van der Waals surface area (Å²) < 4.78 is 11.6. The number of benzene rings is 4. The first-order valence-corrected chi connectivity index (χ1v) is 14.7. The second kappa shape index (κ2) is 13.4. The van der Waals surface area contributed by atoms with Crippen molar-refractivity contribution < 1.29 is 9.47 Å². The van der Waals surface area contributed by atoms with E-state index in [0.29, 0.717) is 8.58 Å². The van der Waals surface area contributed by atoms with E-state index in [1.165, 1.54) is 44.0 Å². The van der Waals surface area contributed by atoms with E-state index in [9.17, 15) is 0 Å². The Morgan fingerprint density at radius 3 is 1.92 bits per heavy atom. The van der Waals surface area contributed by atoms with Crippen LogP contribution in [0.5, 0.6) is 5.75 Å². The predicted molar refractivity (Wildman–Crippen MR) is 167 cm³/mol. The van der Waals surface area contributed by atoms with Gasteiger partial charge in [-0.15, -0.1) is 0 Å². The summed E-state index contributed by atoms with van der Waals surface area (Å²) in [5, 5.41) is 2.64. The topological polar surface area (TPSA) is 21.7 Å². The molecule has 0 aliphatic heterocycles. The standard InChI is InChI=1S/C35H42NO2P/c1-26-20-31(35(3,4)5)33(38-25-37-6)32(21-26)39-34-27(2)14-13-19-30(34)24-36(22-28-15-9-7-10-16-28)23-29-17-11-8-12-18-29/h7-21,39H,22-25H2,1-6H3. The van der Waals surface area contributed by atoms with Crippen molar-refractivity contribution in [3.05, 3.63) is 124 Å². The molecule has 204 valence electrons. The van der Waals surface area contributed by atoms with Crippen molar-refractivity contribution in [2.24, 2.45) is 0 Å². The third-order valence-electron chi connectivity index (χ3n) is 6.87. The van der Waals surface area contributed by atoms with E-state index >= 15 is 0 Å². The zero-order valence-electron chi connectivity index (χ0n) is 24.3. The average Bonchev–Trinajstić information content (AvgIpc) is 2.90. The molecule has 0 saturated carbocycles. The van der Waals surface area contributed by atoms with Gasteiger partial charge in [-0.1, -0.05) is 114 Å². The van der Waals surface area contributed by atoms with E-state index in [2.05, 4.69) is 131 Å². The summed E-state index contributed by atoms with van der Waals surface area (Å²) in [6.07, 6.45) is 0. The van der Waals surface area contributed by atoms with E-state index in [1.54, 1.807) is 7.11 Å². The van der Waals surface area contributed by atoms with Crippen molar-refractivity contribution in [1.29, 1.82) is 0 Å². The zero-order valence-corrected chi connectivity index (χ0v) is 25.3. The van der Waals surface area contributed by atoms with Crippen LogP contribution in [0, 0.1) is 13.8 Å². The summed E-state index contributed by atoms with van der Waals surface area (Å²) >= 11 is 0. The lowest BCUT2D eigenvalue weighted by atomic mass is 9.85. The molecule has 0 fully saturated rings. The van der Waals surface area contributed by atoms with Gasteiger partial charge in [0.05, 0.1) is 0 Å². The van der Waals surface area contributed by atoms with E-state index in [4.69, 9.17) is 9.47 Å². The molecule has 39 heavy (non-hydrogen) atoms. The fourth-order valence-electron chi connectivity index (χ4n) is 4.96. The van der Waals surface area contributed by atoms with Crippen LogP contribution in [0.3, 0.4) is 0 Å². The molecular formula is C35H42NO2P. The Bertz CT molecular complexity index is 1310. The fourth-order valence-corrected chi connectivity index (χ4v) is 6.46. The molecule has 0 aliphatic carbocycles. The number of ether oxygens (including phenoxy) is 2. The summed E-state index contributed by atoms with van der Waals surface area (Å²) in [7, 11) is 2.17. The van der Waals surface area contributed by atoms with Gasteiger partial charge < -0.3 is 9.47 Å². The minimum absolute atomic E-state index is 0.0367. The number of methoxy groups -OCH3 is 1. The van der Waals surface area contributed by atoms with Gasteiger partial charge in [-0.2, -0.15) is 0 Å². The quantitative estimate of drug-likeness (QED) is 0.146. The van der Waals surface area contributed by atoms with E-state index in [0.717, 1.165) is 25.4 Å². The SMILES string of the molecule is COCOc1c(Pc2c(C)cccc2CN(Cc2ccccc2)Cc2ccccc2)cc(C)cc1C(C)(C)C. The first-order valence-electron chi connectivity index (χ1n) is 13.7. The van der Waals surface area contributed by atoms with Gasteiger partial charge in [0.25, 0.3) is 0 Å². The molecule has 1 atom stereocenters. The van der Waals surface area contributed by atoms with E-state index in [-0.39, 0.29) is 12.2 Å². The average molecular weight is 540 g/mol. The molecular weight excluding hydrogens is 497 g/mol. The van der Waals surface area contributed by atoms with Crippen LogP contribution >= 0.6 is 8.58 Å². The summed E-state index contributed by atoms with van der Waals surface area (Å²) in [6.45, 7) is 14.1. The number of hydrogen-bond donors (Lipinski definition) is 0. The Hall–Kier alpha value is -2.97. The van der Waals surface area contributed by atoms with Crippen molar-refractivity contribution in [3.8, 4) is 5.75 Å². The van der Waals surface area contributed by atoms with Gasteiger partial charge >= 0.3 is 0 Å². The first-order chi connectivity index (χ1) is 18.7. The molecule has 0 N–H and O–H groups in total. The van der Waals surface area contributed by atoms with Gasteiger partial charge in [-0.25, -0.2) is 0 Å². The van der Waals surface area contributed by atoms with Gasteiger partial charge in [0.1, 0.15) is 5.75 Å². The molecule has 0 radical (unpaired) electrons. The minimum Gasteiger partial charge on any atom is -0.467 e. The largest absolute Gasteiger partial charge is 0.467 e. The molecule has 1 unspecified atom stereocenters. The fraction of sp³-hybridized carbons (Fsp3) is 0.314. The van der Waals surface area contributed by atoms with Crippen LogP contribution in [0.2, 0.25) is 0 Å². The zero-order chi connectivity index (χ0) is 27.8. The Balaban J connectivity index is 1.71. The van der Waals surface area contributed by atoms with Crippen LogP contribution in [0.1, 0.15) is 54.2 Å². The number of aryl methyl sites for hydroxylation is 2. The van der Waals surface area contributed by atoms with Crippen molar-refractivity contribution >= 4 is 19.2 Å². The van der Waals surface area contributed by atoms with Crippen molar-refractivity contribution in [3.63, 3.8) is 0 Å². The smallest absolute Gasteiger partial charge is 0.188 e. The maximum Gasteiger partial charge on any atom is 0.188 e. The van der Waals surface area contributed by atoms with Crippen LogP contribution in [0.4, 0.5) is 0 Å². The summed E-state index contributed by atoms with van der Waals surface area (Å²) in [5.74, 6) is 0.966. The number of hydrogen-bond acceptors (Lipinski definition) is 3. The summed E-state index contributed by atoms with van der Waals surface area (Å²) in [6, 6.07) is 32.8. The molecule has 0 bridgehead atoms.